The molecule has 0 unspecified atom stereocenters. The van der Waals surface area contributed by atoms with Gasteiger partial charge in [0.1, 0.15) is 5.76 Å². The number of furan rings is 1. The maximum Gasteiger partial charge on any atom is 0.206 e. The van der Waals surface area contributed by atoms with E-state index in [0.29, 0.717) is 17.7 Å². The Morgan fingerprint density at radius 1 is 1.16 bits per heavy atom. The SMILES string of the molecule is O=S(=O)(c1ccc(CO)cc1)c1cc(Cl)c2oc3c(c2c1)CNCC3. The Labute approximate surface area is 150 Å². The van der Waals surface area contributed by atoms with Crippen molar-refractivity contribution < 1.29 is 17.9 Å². The van der Waals surface area contributed by atoms with Gasteiger partial charge in [-0.3, -0.25) is 0 Å². The summed E-state index contributed by atoms with van der Waals surface area (Å²) in [6.07, 6.45) is 0.755. The predicted octanol–water partition coefficient (Wildman–Crippen LogP) is 3.06. The van der Waals surface area contributed by atoms with Crippen LogP contribution in [0.3, 0.4) is 0 Å². The van der Waals surface area contributed by atoms with Gasteiger partial charge in [0.05, 0.1) is 21.4 Å². The molecule has 4 rings (SSSR count). The van der Waals surface area contributed by atoms with Gasteiger partial charge >= 0.3 is 0 Å². The van der Waals surface area contributed by atoms with Crippen molar-refractivity contribution in [3.63, 3.8) is 0 Å². The molecular formula is C18H16ClNO4S. The maximum absolute atomic E-state index is 13.0. The lowest BCUT2D eigenvalue weighted by Crippen LogP contribution is -2.22. The second-order valence-corrected chi connectivity index (χ2v) is 8.37. The molecule has 1 aromatic heterocycles. The molecule has 0 saturated heterocycles. The molecule has 0 atom stereocenters. The van der Waals surface area contributed by atoms with Crippen LogP contribution in [0.1, 0.15) is 16.9 Å². The molecule has 2 heterocycles. The van der Waals surface area contributed by atoms with Gasteiger partial charge in [-0.15, -0.1) is 0 Å². The van der Waals surface area contributed by atoms with Gasteiger partial charge < -0.3 is 14.8 Å². The van der Waals surface area contributed by atoms with Gasteiger partial charge in [0.15, 0.2) is 5.58 Å². The van der Waals surface area contributed by atoms with Crippen molar-refractivity contribution in [2.45, 2.75) is 29.4 Å². The van der Waals surface area contributed by atoms with Crippen LogP contribution >= 0.6 is 11.6 Å². The molecule has 0 bridgehead atoms. The molecule has 3 aromatic rings. The van der Waals surface area contributed by atoms with Crippen molar-refractivity contribution in [2.75, 3.05) is 6.54 Å². The number of aliphatic hydroxyl groups excluding tert-OH is 1. The molecular weight excluding hydrogens is 362 g/mol. The van der Waals surface area contributed by atoms with Gasteiger partial charge in [0.25, 0.3) is 0 Å². The molecule has 0 fully saturated rings. The summed E-state index contributed by atoms with van der Waals surface area (Å²) >= 11 is 6.31. The summed E-state index contributed by atoms with van der Waals surface area (Å²) in [4.78, 5) is 0.298. The van der Waals surface area contributed by atoms with Crippen LogP contribution in [0.15, 0.2) is 50.6 Å². The predicted molar refractivity (Wildman–Crippen MR) is 94.5 cm³/mol. The van der Waals surface area contributed by atoms with E-state index in [1.807, 2.05) is 0 Å². The quantitative estimate of drug-likeness (QED) is 0.733. The van der Waals surface area contributed by atoms with Crippen LogP contribution in [0, 0.1) is 0 Å². The van der Waals surface area contributed by atoms with Crippen molar-refractivity contribution in [1.29, 1.82) is 0 Å². The first kappa shape index (κ1) is 16.6. The lowest BCUT2D eigenvalue weighted by atomic mass is 10.1. The van der Waals surface area contributed by atoms with Crippen LogP contribution in [0.2, 0.25) is 5.02 Å². The van der Waals surface area contributed by atoms with Crippen LogP contribution in [0.5, 0.6) is 0 Å². The fourth-order valence-electron chi connectivity index (χ4n) is 3.11. The van der Waals surface area contributed by atoms with Crippen LogP contribution in [0.25, 0.3) is 11.0 Å². The molecule has 2 aromatic carbocycles. The van der Waals surface area contributed by atoms with Crippen LogP contribution in [-0.4, -0.2) is 20.1 Å². The van der Waals surface area contributed by atoms with E-state index < -0.39 is 9.84 Å². The molecule has 1 aliphatic heterocycles. The van der Waals surface area contributed by atoms with Gasteiger partial charge in [-0.1, -0.05) is 23.7 Å². The standard InChI is InChI=1S/C18H16ClNO4S/c19-16-8-13(25(22,23)12-3-1-11(10-21)2-4-12)7-14-15-9-20-6-5-17(15)24-18(14)16/h1-4,7-8,20-21H,5-6,9-10H2. The Balaban J connectivity index is 1.87. The summed E-state index contributed by atoms with van der Waals surface area (Å²) in [5.74, 6) is 0.859. The van der Waals surface area contributed by atoms with Crippen molar-refractivity contribution >= 4 is 32.4 Å². The van der Waals surface area contributed by atoms with E-state index in [-0.39, 0.29) is 21.4 Å². The molecule has 0 amide bonds. The minimum Gasteiger partial charge on any atom is -0.459 e. The molecule has 130 valence electrons. The van der Waals surface area contributed by atoms with Crippen molar-refractivity contribution in [3.8, 4) is 0 Å². The summed E-state index contributed by atoms with van der Waals surface area (Å²) in [5, 5.41) is 13.4. The number of rotatable bonds is 3. The highest BCUT2D eigenvalue weighted by Crippen LogP contribution is 2.36. The topological polar surface area (TPSA) is 79.5 Å². The first-order chi connectivity index (χ1) is 12.0. The van der Waals surface area contributed by atoms with E-state index in [0.717, 1.165) is 29.7 Å². The highest BCUT2D eigenvalue weighted by atomic mass is 35.5. The highest BCUT2D eigenvalue weighted by Gasteiger charge is 2.24. The van der Waals surface area contributed by atoms with E-state index in [2.05, 4.69) is 5.32 Å². The largest absolute Gasteiger partial charge is 0.459 e. The zero-order valence-corrected chi connectivity index (χ0v) is 14.8. The van der Waals surface area contributed by atoms with Gasteiger partial charge in [-0.05, 0) is 29.8 Å². The van der Waals surface area contributed by atoms with E-state index in [1.54, 1.807) is 18.2 Å². The Morgan fingerprint density at radius 3 is 2.64 bits per heavy atom. The fraction of sp³-hybridized carbons (Fsp3) is 0.222. The minimum absolute atomic E-state index is 0.133. The molecule has 0 aliphatic carbocycles. The first-order valence-electron chi connectivity index (χ1n) is 7.90. The monoisotopic (exact) mass is 377 g/mol. The lowest BCUT2D eigenvalue weighted by Gasteiger charge is -2.11. The molecule has 0 spiro atoms. The number of hydrogen-bond donors (Lipinski definition) is 2. The third kappa shape index (κ3) is 2.75. The van der Waals surface area contributed by atoms with E-state index >= 15 is 0 Å². The number of aliphatic hydroxyl groups is 1. The van der Waals surface area contributed by atoms with Gasteiger partial charge in [-0.2, -0.15) is 0 Å². The third-order valence-electron chi connectivity index (χ3n) is 4.46. The molecule has 5 nitrogen and oxygen atoms in total. The average molecular weight is 378 g/mol. The summed E-state index contributed by atoms with van der Waals surface area (Å²) in [6, 6.07) is 9.23. The number of sulfone groups is 1. The van der Waals surface area contributed by atoms with Crippen molar-refractivity contribution in [3.05, 3.63) is 58.3 Å². The maximum atomic E-state index is 13.0. The van der Waals surface area contributed by atoms with Crippen molar-refractivity contribution in [1.82, 2.24) is 5.32 Å². The molecule has 7 heteroatoms. The van der Waals surface area contributed by atoms with Gasteiger partial charge in [-0.25, -0.2) is 8.42 Å². The van der Waals surface area contributed by atoms with Gasteiger partial charge in [0, 0.05) is 30.5 Å². The summed E-state index contributed by atoms with van der Waals surface area (Å²) < 4.78 is 31.7. The Hall–Kier alpha value is -1.86. The molecule has 1 aliphatic rings. The Morgan fingerprint density at radius 2 is 1.92 bits per heavy atom. The molecule has 2 N–H and O–H groups in total. The zero-order chi connectivity index (χ0) is 17.6. The normalized spacial score (nSPS) is 14.6. The fourth-order valence-corrected chi connectivity index (χ4v) is 4.74. The number of fused-ring (bicyclic) bond motifs is 3. The van der Waals surface area contributed by atoms with Crippen LogP contribution < -0.4 is 5.32 Å². The smallest absolute Gasteiger partial charge is 0.206 e. The molecule has 0 saturated carbocycles. The second-order valence-electron chi connectivity index (χ2n) is 6.02. The van der Waals surface area contributed by atoms with E-state index in [9.17, 15) is 8.42 Å². The van der Waals surface area contributed by atoms with E-state index in [1.165, 1.54) is 18.2 Å². The number of hydrogen-bond acceptors (Lipinski definition) is 5. The second kappa shape index (κ2) is 6.14. The van der Waals surface area contributed by atoms with Crippen molar-refractivity contribution in [2.24, 2.45) is 0 Å². The average Bonchev–Trinajstić information content (AvgIpc) is 3.01. The van der Waals surface area contributed by atoms with Gasteiger partial charge in [0.2, 0.25) is 9.84 Å². The summed E-state index contributed by atoms with van der Waals surface area (Å²) in [5.41, 5.74) is 2.16. The Kier molecular flexibility index (Phi) is 4.08. The lowest BCUT2D eigenvalue weighted by molar-refractivity contribution is 0.282. The third-order valence-corrected chi connectivity index (χ3v) is 6.49. The van der Waals surface area contributed by atoms with E-state index in [4.69, 9.17) is 21.1 Å². The number of benzene rings is 2. The number of nitrogens with one attached hydrogen (secondary N) is 1. The summed E-state index contributed by atoms with van der Waals surface area (Å²) in [6.45, 7) is 1.33. The number of halogens is 1. The minimum atomic E-state index is -3.71. The Bertz CT molecular complexity index is 1050. The highest BCUT2D eigenvalue weighted by molar-refractivity contribution is 7.91. The summed E-state index contributed by atoms with van der Waals surface area (Å²) in [7, 11) is -3.71. The van der Waals surface area contributed by atoms with Crippen LogP contribution in [0.4, 0.5) is 0 Å². The zero-order valence-electron chi connectivity index (χ0n) is 13.3. The first-order valence-corrected chi connectivity index (χ1v) is 9.76. The molecule has 0 radical (unpaired) electrons. The molecule has 25 heavy (non-hydrogen) atoms. The van der Waals surface area contributed by atoms with Crippen LogP contribution in [-0.2, 0) is 29.4 Å².